The molecule has 6 nitrogen and oxygen atoms in total. The molecule has 0 spiro atoms. The van der Waals surface area contributed by atoms with Gasteiger partial charge in [0.15, 0.2) is 0 Å². The number of carbonyl (C=O) groups is 1. The van der Waals surface area contributed by atoms with Gasteiger partial charge < -0.3 is 19.3 Å². The molecule has 136 valence electrons. The highest BCUT2D eigenvalue weighted by Gasteiger charge is 2.47. The van der Waals surface area contributed by atoms with E-state index in [-0.39, 0.29) is 18.1 Å². The van der Waals surface area contributed by atoms with Crippen LogP contribution >= 0.6 is 0 Å². The summed E-state index contributed by atoms with van der Waals surface area (Å²) in [6, 6.07) is 3.82. The minimum atomic E-state index is 0.0303. The van der Waals surface area contributed by atoms with Crippen molar-refractivity contribution in [3.63, 3.8) is 0 Å². The summed E-state index contributed by atoms with van der Waals surface area (Å²) in [5.74, 6) is 1.70. The molecule has 25 heavy (non-hydrogen) atoms. The van der Waals surface area contributed by atoms with E-state index >= 15 is 0 Å². The van der Waals surface area contributed by atoms with Crippen LogP contribution in [-0.2, 0) is 4.74 Å². The molecule has 0 bridgehead atoms. The van der Waals surface area contributed by atoms with E-state index in [1.807, 2.05) is 11.0 Å². The molecule has 3 atom stereocenters. The van der Waals surface area contributed by atoms with Crippen molar-refractivity contribution in [2.75, 3.05) is 40.4 Å². The van der Waals surface area contributed by atoms with Crippen LogP contribution in [-0.4, -0.2) is 73.2 Å². The first kappa shape index (κ1) is 16.8. The summed E-state index contributed by atoms with van der Waals surface area (Å²) in [4.78, 5) is 22.0. The Labute approximate surface area is 149 Å². The molecule has 1 aliphatic carbocycles. The molecule has 3 heterocycles. The lowest BCUT2D eigenvalue weighted by Crippen LogP contribution is -2.53. The van der Waals surface area contributed by atoms with Gasteiger partial charge in [0.25, 0.3) is 5.91 Å². The van der Waals surface area contributed by atoms with E-state index in [2.05, 4.69) is 9.88 Å². The number of piperidine rings is 1. The van der Waals surface area contributed by atoms with Crippen LogP contribution in [0.15, 0.2) is 18.3 Å². The SMILES string of the molecule is COc1ncccc1C(=O)N1CC[C@@H](OC)[C@@H]2CN(CC3CC3)C[C@@H]21. The lowest BCUT2D eigenvalue weighted by Gasteiger charge is -2.41. The Kier molecular flexibility index (Phi) is 4.65. The number of fused-ring (bicyclic) bond motifs is 1. The van der Waals surface area contributed by atoms with Gasteiger partial charge in [-0.15, -0.1) is 0 Å². The standard InChI is InChI=1S/C19H27N3O3/c1-24-17-7-9-22(19(23)14-4-3-8-20-18(14)25-2)16-12-21(11-15(16)17)10-13-5-6-13/h3-4,8,13,15-17H,5-7,9-12H2,1-2H3/t15-,16+,17-/m1/s1. The van der Waals surface area contributed by atoms with E-state index in [1.165, 1.54) is 19.4 Å². The molecule has 0 N–H and O–H groups in total. The normalized spacial score (nSPS) is 29.5. The average Bonchev–Trinajstić information content (AvgIpc) is 3.36. The molecule has 0 aromatic carbocycles. The van der Waals surface area contributed by atoms with Gasteiger partial charge in [0, 0.05) is 45.4 Å². The van der Waals surface area contributed by atoms with Gasteiger partial charge in [-0.25, -0.2) is 4.98 Å². The lowest BCUT2D eigenvalue weighted by atomic mass is 9.88. The highest BCUT2D eigenvalue weighted by atomic mass is 16.5. The van der Waals surface area contributed by atoms with E-state index in [1.54, 1.807) is 26.5 Å². The topological polar surface area (TPSA) is 54.9 Å². The van der Waals surface area contributed by atoms with Crippen molar-refractivity contribution in [1.82, 2.24) is 14.8 Å². The molecule has 1 aromatic rings. The quantitative estimate of drug-likeness (QED) is 0.812. The lowest BCUT2D eigenvalue weighted by molar-refractivity contribution is -0.0157. The molecule has 2 aliphatic heterocycles. The molecule has 3 fully saturated rings. The van der Waals surface area contributed by atoms with Gasteiger partial charge in [-0.05, 0) is 37.3 Å². The minimum Gasteiger partial charge on any atom is -0.480 e. The molecular formula is C19H27N3O3. The Morgan fingerprint density at radius 2 is 2.12 bits per heavy atom. The van der Waals surface area contributed by atoms with Crippen molar-refractivity contribution in [2.24, 2.45) is 11.8 Å². The summed E-state index contributed by atoms with van der Waals surface area (Å²) in [5, 5.41) is 0. The first-order valence-corrected chi connectivity index (χ1v) is 9.26. The fraction of sp³-hybridized carbons (Fsp3) is 0.684. The maximum Gasteiger partial charge on any atom is 0.259 e. The van der Waals surface area contributed by atoms with Crippen LogP contribution < -0.4 is 4.74 Å². The Morgan fingerprint density at radius 1 is 1.28 bits per heavy atom. The van der Waals surface area contributed by atoms with Crippen LogP contribution in [0.5, 0.6) is 5.88 Å². The van der Waals surface area contributed by atoms with Gasteiger partial charge >= 0.3 is 0 Å². The predicted octanol–water partition coefficient (Wildman–Crippen LogP) is 1.66. The molecule has 4 rings (SSSR count). The number of rotatable bonds is 5. The summed E-state index contributed by atoms with van der Waals surface area (Å²) >= 11 is 0. The number of aromatic nitrogens is 1. The molecule has 1 aromatic heterocycles. The zero-order chi connectivity index (χ0) is 17.4. The van der Waals surface area contributed by atoms with E-state index in [0.29, 0.717) is 17.4 Å². The highest BCUT2D eigenvalue weighted by Crippen LogP contribution is 2.37. The first-order valence-electron chi connectivity index (χ1n) is 9.26. The Balaban J connectivity index is 1.55. The zero-order valence-corrected chi connectivity index (χ0v) is 15.1. The van der Waals surface area contributed by atoms with Crippen molar-refractivity contribution in [3.8, 4) is 5.88 Å². The number of likely N-dealkylation sites (tertiary alicyclic amines) is 2. The molecular weight excluding hydrogens is 318 g/mol. The third-order valence-electron chi connectivity index (χ3n) is 5.91. The second-order valence-corrected chi connectivity index (χ2v) is 7.51. The Bertz CT molecular complexity index is 634. The smallest absolute Gasteiger partial charge is 0.259 e. The number of pyridine rings is 1. The second-order valence-electron chi connectivity index (χ2n) is 7.51. The predicted molar refractivity (Wildman–Crippen MR) is 93.7 cm³/mol. The van der Waals surface area contributed by atoms with Gasteiger partial charge in [0.1, 0.15) is 5.56 Å². The van der Waals surface area contributed by atoms with Crippen LogP contribution in [0.25, 0.3) is 0 Å². The highest BCUT2D eigenvalue weighted by molar-refractivity contribution is 5.96. The number of hydrogen-bond donors (Lipinski definition) is 0. The maximum absolute atomic E-state index is 13.2. The van der Waals surface area contributed by atoms with E-state index in [9.17, 15) is 4.79 Å². The first-order chi connectivity index (χ1) is 12.2. The van der Waals surface area contributed by atoms with Gasteiger partial charge in [0.05, 0.1) is 19.3 Å². The summed E-state index contributed by atoms with van der Waals surface area (Å²) in [7, 11) is 3.36. The molecule has 0 unspecified atom stereocenters. The Morgan fingerprint density at radius 3 is 2.84 bits per heavy atom. The van der Waals surface area contributed by atoms with E-state index < -0.39 is 0 Å². The molecule has 1 amide bonds. The van der Waals surface area contributed by atoms with Crippen molar-refractivity contribution < 1.29 is 14.3 Å². The van der Waals surface area contributed by atoms with Crippen LogP contribution in [0.2, 0.25) is 0 Å². The summed E-state index contributed by atoms with van der Waals surface area (Å²) < 4.78 is 11.1. The van der Waals surface area contributed by atoms with Gasteiger partial charge in [0.2, 0.25) is 5.88 Å². The van der Waals surface area contributed by atoms with Crippen LogP contribution in [0.4, 0.5) is 0 Å². The average molecular weight is 345 g/mol. The third-order valence-corrected chi connectivity index (χ3v) is 5.91. The molecule has 0 radical (unpaired) electrons. The van der Waals surface area contributed by atoms with Crippen LogP contribution in [0.1, 0.15) is 29.6 Å². The van der Waals surface area contributed by atoms with Gasteiger partial charge in [-0.3, -0.25) is 4.79 Å². The zero-order valence-electron chi connectivity index (χ0n) is 15.1. The molecule has 1 saturated carbocycles. The molecule has 6 heteroatoms. The minimum absolute atomic E-state index is 0.0303. The number of carbonyl (C=O) groups excluding carboxylic acids is 1. The number of hydrogen-bond acceptors (Lipinski definition) is 5. The van der Waals surface area contributed by atoms with Gasteiger partial charge in [-0.2, -0.15) is 0 Å². The van der Waals surface area contributed by atoms with Crippen LogP contribution in [0, 0.1) is 11.8 Å². The number of methoxy groups -OCH3 is 2. The second kappa shape index (κ2) is 6.92. The molecule has 3 aliphatic rings. The summed E-state index contributed by atoms with van der Waals surface area (Å²) in [5.41, 5.74) is 0.556. The van der Waals surface area contributed by atoms with Crippen molar-refractivity contribution in [2.45, 2.75) is 31.4 Å². The third kappa shape index (κ3) is 3.25. The van der Waals surface area contributed by atoms with Crippen molar-refractivity contribution in [3.05, 3.63) is 23.9 Å². The number of nitrogens with zero attached hydrogens (tertiary/aromatic N) is 3. The van der Waals surface area contributed by atoms with E-state index in [4.69, 9.17) is 9.47 Å². The molecule has 2 saturated heterocycles. The monoisotopic (exact) mass is 345 g/mol. The van der Waals surface area contributed by atoms with E-state index in [0.717, 1.165) is 32.0 Å². The largest absolute Gasteiger partial charge is 0.480 e. The fourth-order valence-electron chi connectivity index (χ4n) is 4.47. The Hall–Kier alpha value is -1.66. The maximum atomic E-state index is 13.2. The van der Waals surface area contributed by atoms with Crippen molar-refractivity contribution in [1.29, 1.82) is 0 Å². The number of ether oxygens (including phenoxy) is 2. The number of amides is 1. The van der Waals surface area contributed by atoms with Crippen molar-refractivity contribution >= 4 is 5.91 Å². The fourth-order valence-corrected chi connectivity index (χ4v) is 4.47. The summed E-state index contributed by atoms with van der Waals surface area (Å²) in [6.45, 7) is 3.89. The van der Waals surface area contributed by atoms with Gasteiger partial charge in [-0.1, -0.05) is 0 Å². The van der Waals surface area contributed by atoms with Crippen LogP contribution in [0.3, 0.4) is 0 Å². The summed E-state index contributed by atoms with van der Waals surface area (Å²) in [6.07, 6.45) is 5.50.